The number of carbonyl (C=O) groups is 1. The molecule has 0 unspecified atom stereocenters. The first-order chi connectivity index (χ1) is 13.6. The van der Waals surface area contributed by atoms with Crippen molar-refractivity contribution in [2.75, 3.05) is 13.2 Å². The fraction of sp³-hybridized carbons (Fsp3) is 0.458. The molecule has 4 heteroatoms. The zero-order valence-corrected chi connectivity index (χ0v) is 17.1. The summed E-state index contributed by atoms with van der Waals surface area (Å²) in [5, 5.41) is 0. The molecule has 1 fully saturated rings. The van der Waals surface area contributed by atoms with Gasteiger partial charge in [0.25, 0.3) is 0 Å². The molecule has 1 saturated carbocycles. The van der Waals surface area contributed by atoms with Gasteiger partial charge in [-0.05, 0) is 31.4 Å². The molecule has 0 aromatic heterocycles. The molecular weight excluding hydrogens is 350 g/mol. The minimum Gasteiger partial charge on any atom is -0.349 e. The Labute approximate surface area is 168 Å². The molecule has 1 amide bonds. The number of amides is 1. The van der Waals surface area contributed by atoms with Crippen molar-refractivity contribution in [1.82, 2.24) is 4.90 Å². The lowest BCUT2D eigenvalue weighted by atomic mass is 9.68. The minimum absolute atomic E-state index is 0.104. The Kier molecular flexibility index (Phi) is 6.87. The highest BCUT2D eigenvalue weighted by molar-refractivity contribution is 5.81. The van der Waals surface area contributed by atoms with Crippen molar-refractivity contribution in [1.29, 1.82) is 0 Å². The van der Waals surface area contributed by atoms with Crippen LogP contribution in [0.2, 0.25) is 0 Å². The quantitative estimate of drug-likeness (QED) is 0.594. The molecule has 150 valence electrons. The van der Waals surface area contributed by atoms with E-state index in [4.69, 9.17) is 9.47 Å². The Morgan fingerprint density at radius 2 is 1.39 bits per heavy atom. The summed E-state index contributed by atoms with van der Waals surface area (Å²) in [6.45, 7) is 8.24. The third-order valence-corrected chi connectivity index (χ3v) is 5.54. The average molecular weight is 382 g/mol. The monoisotopic (exact) mass is 381 g/mol. The maximum Gasteiger partial charge on any atom is 0.231 e. The largest absolute Gasteiger partial charge is 0.349 e. The summed E-state index contributed by atoms with van der Waals surface area (Å²) in [6.07, 6.45) is 0.791. The number of hydrogen-bond donors (Lipinski definition) is 0. The van der Waals surface area contributed by atoms with Gasteiger partial charge in [-0.2, -0.15) is 0 Å². The number of rotatable bonds is 9. The van der Waals surface area contributed by atoms with Gasteiger partial charge in [0.15, 0.2) is 5.79 Å². The number of carbonyl (C=O) groups excluding carboxylic acids is 1. The van der Waals surface area contributed by atoms with Gasteiger partial charge in [0.2, 0.25) is 5.91 Å². The van der Waals surface area contributed by atoms with Crippen LogP contribution in [0.1, 0.15) is 38.3 Å². The molecule has 0 N–H and O–H groups in total. The Morgan fingerprint density at radius 1 is 0.929 bits per heavy atom. The average Bonchev–Trinajstić information content (AvgIpc) is 2.72. The van der Waals surface area contributed by atoms with Crippen molar-refractivity contribution in [3.63, 3.8) is 0 Å². The van der Waals surface area contributed by atoms with E-state index in [-0.39, 0.29) is 17.7 Å². The highest BCUT2D eigenvalue weighted by Crippen LogP contribution is 2.49. The maximum atomic E-state index is 13.6. The molecule has 2 atom stereocenters. The predicted molar refractivity (Wildman–Crippen MR) is 110 cm³/mol. The third-order valence-electron chi connectivity index (χ3n) is 5.54. The lowest BCUT2D eigenvalue weighted by Crippen LogP contribution is -2.63. The van der Waals surface area contributed by atoms with E-state index in [9.17, 15) is 4.79 Å². The predicted octanol–water partition coefficient (Wildman–Crippen LogP) is 4.64. The summed E-state index contributed by atoms with van der Waals surface area (Å²) in [5.74, 6) is -0.758. The number of hydrogen-bond acceptors (Lipinski definition) is 3. The Hall–Kier alpha value is -2.17. The van der Waals surface area contributed by atoms with Crippen LogP contribution in [0, 0.1) is 11.8 Å². The van der Waals surface area contributed by atoms with Crippen molar-refractivity contribution < 1.29 is 14.3 Å². The maximum absolute atomic E-state index is 13.6. The van der Waals surface area contributed by atoms with E-state index in [0.717, 1.165) is 17.5 Å². The van der Waals surface area contributed by atoms with E-state index in [1.807, 2.05) is 55.1 Å². The lowest BCUT2D eigenvalue weighted by molar-refractivity contribution is -0.331. The van der Waals surface area contributed by atoms with E-state index in [1.165, 1.54) is 0 Å². The molecule has 2 aromatic carbocycles. The molecule has 28 heavy (non-hydrogen) atoms. The van der Waals surface area contributed by atoms with Crippen LogP contribution in [0.15, 0.2) is 60.7 Å². The van der Waals surface area contributed by atoms with Crippen LogP contribution in [0.3, 0.4) is 0 Å². The van der Waals surface area contributed by atoms with Gasteiger partial charge in [0.05, 0.1) is 5.92 Å². The first kappa shape index (κ1) is 20.6. The van der Waals surface area contributed by atoms with E-state index in [0.29, 0.717) is 26.3 Å². The van der Waals surface area contributed by atoms with Gasteiger partial charge in [-0.15, -0.1) is 0 Å². The molecule has 1 aliphatic carbocycles. The highest BCUT2D eigenvalue weighted by Gasteiger charge is 2.59. The molecule has 0 radical (unpaired) electrons. The molecule has 3 rings (SSSR count). The summed E-state index contributed by atoms with van der Waals surface area (Å²) in [7, 11) is 0. The lowest BCUT2D eigenvalue weighted by Gasteiger charge is -2.53. The minimum atomic E-state index is -0.799. The van der Waals surface area contributed by atoms with E-state index >= 15 is 0 Å². The highest BCUT2D eigenvalue weighted by atomic mass is 16.7. The fourth-order valence-electron chi connectivity index (χ4n) is 4.16. The zero-order chi connectivity index (χ0) is 20.0. The molecule has 0 spiro atoms. The van der Waals surface area contributed by atoms with E-state index in [2.05, 4.69) is 31.2 Å². The second kappa shape index (κ2) is 9.35. The molecular formula is C24H31NO3. The van der Waals surface area contributed by atoms with Crippen molar-refractivity contribution >= 4 is 5.91 Å². The second-order valence-corrected chi connectivity index (χ2v) is 7.44. The Bertz CT molecular complexity index is 699. The first-order valence-electron chi connectivity index (χ1n) is 10.2. The van der Waals surface area contributed by atoms with Crippen molar-refractivity contribution in [2.24, 2.45) is 11.8 Å². The SMILES string of the molecule is CCOC1(OCC)[C@@H](C(=O)N(Cc2ccccc2)Cc2ccccc2)C[C@@H]1C. The van der Waals surface area contributed by atoms with Crippen LogP contribution in [0.5, 0.6) is 0 Å². The summed E-state index contributed by atoms with van der Waals surface area (Å²) in [4.78, 5) is 15.5. The smallest absolute Gasteiger partial charge is 0.231 e. The zero-order valence-electron chi connectivity index (χ0n) is 17.1. The topological polar surface area (TPSA) is 38.8 Å². The van der Waals surface area contributed by atoms with Crippen LogP contribution < -0.4 is 0 Å². The molecule has 2 aromatic rings. The van der Waals surface area contributed by atoms with Crippen LogP contribution in [0.4, 0.5) is 0 Å². The van der Waals surface area contributed by atoms with Gasteiger partial charge in [-0.25, -0.2) is 0 Å². The van der Waals surface area contributed by atoms with Gasteiger partial charge in [0.1, 0.15) is 0 Å². The molecule has 0 aliphatic heterocycles. The molecule has 0 saturated heterocycles. The van der Waals surface area contributed by atoms with Crippen LogP contribution >= 0.6 is 0 Å². The van der Waals surface area contributed by atoms with Gasteiger partial charge >= 0.3 is 0 Å². The number of nitrogens with zero attached hydrogens (tertiary/aromatic N) is 1. The van der Waals surface area contributed by atoms with Gasteiger partial charge in [0, 0.05) is 32.2 Å². The normalized spacial score (nSPS) is 20.4. The molecule has 1 aliphatic rings. The molecule has 4 nitrogen and oxygen atoms in total. The van der Waals surface area contributed by atoms with Crippen LogP contribution in [-0.2, 0) is 27.4 Å². The first-order valence-corrected chi connectivity index (χ1v) is 10.2. The van der Waals surface area contributed by atoms with E-state index < -0.39 is 5.79 Å². The van der Waals surface area contributed by atoms with E-state index in [1.54, 1.807) is 0 Å². The molecule has 0 bridgehead atoms. The fourth-order valence-corrected chi connectivity index (χ4v) is 4.16. The van der Waals surface area contributed by atoms with Gasteiger partial charge in [-0.3, -0.25) is 4.79 Å². The third kappa shape index (κ3) is 4.29. The van der Waals surface area contributed by atoms with Gasteiger partial charge in [-0.1, -0.05) is 67.6 Å². The Balaban J connectivity index is 1.85. The van der Waals surface area contributed by atoms with Crippen molar-refractivity contribution in [3.8, 4) is 0 Å². The van der Waals surface area contributed by atoms with Crippen molar-refractivity contribution in [2.45, 2.75) is 46.1 Å². The van der Waals surface area contributed by atoms with Crippen LogP contribution in [-0.4, -0.2) is 29.8 Å². The number of benzene rings is 2. The number of ether oxygens (including phenoxy) is 2. The van der Waals surface area contributed by atoms with Crippen LogP contribution in [0.25, 0.3) is 0 Å². The summed E-state index contributed by atoms with van der Waals surface area (Å²) in [5.41, 5.74) is 2.25. The van der Waals surface area contributed by atoms with Crippen molar-refractivity contribution in [3.05, 3.63) is 71.8 Å². The summed E-state index contributed by atoms with van der Waals surface area (Å²) in [6, 6.07) is 20.3. The Morgan fingerprint density at radius 3 is 1.79 bits per heavy atom. The summed E-state index contributed by atoms with van der Waals surface area (Å²) >= 11 is 0. The second-order valence-electron chi connectivity index (χ2n) is 7.44. The summed E-state index contributed by atoms with van der Waals surface area (Å²) < 4.78 is 12.1. The standard InChI is InChI=1S/C24H31NO3/c1-4-27-24(28-5-2)19(3)16-22(24)23(26)25(17-20-12-8-6-9-13-20)18-21-14-10-7-11-15-21/h6-15,19,22H,4-5,16-18H2,1-3H3/t19-,22+/m0/s1. The van der Waals surface area contributed by atoms with Gasteiger partial charge < -0.3 is 14.4 Å². The molecule has 0 heterocycles.